The van der Waals surface area contributed by atoms with Gasteiger partial charge < -0.3 is 0 Å². The van der Waals surface area contributed by atoms with E-state index in [4.69, 9.17) is 0 Å². The van der Waals surface area contributed by atoms with Gasteiger partial charge in [0.05, 0.1) is 0 Å². The second kappa shape index (κ2) is 16.5. The summed E-state index contributed by atoms with van der Waals surface area (Å²) in [4.78, 5) is 0. The predicted octanol–water partition coefficient (Wildman–Crippen LogP) is 11.4. The number of aryl methyl sites for hydroxylation is 2. The molecule has 4 rings (SSSR count). The van der Waals surface area contributed by atoms with E-state index in [1.807, 2.05) is 0 Å². The van der Waals surface area contributed by atoms with Crippen molar-refractivity contribution < 1.29 is 0 Å². The SMILES string of the molecule is CCCCCCCCc1ccc(-c2ccc(C#Cc3ccc(-c4ccc(CCCCCC)cc4)cc3)cc2)cc1. The predicted molar refractivity (Wildman–Crippen MR) is 175 cm³/mol. The molecule has 4 aromatic rings. The van der Waals surface area contributed by atoms with E-state index in [1.54, 1.807) is 0 Å². The maximum atomic E-state index is 3.34. The minimum Gasteiger partial charge on any atom is -0.0654 e. The van der Waals surface area contributed by atoms with Gasteiger partial charge in [-0.3, -0.25) is 0 Å². The lowest BCUT2D eigenvalue weighted by molar-refractivity contribution is 0.607. The largest absolute Gasteiger partial charge is 0.0654 e. The normalized spacial score (nSPS) is 10.8. The van der Waals surface area contributed by atoms with Gasteiger partial charge in [0.25, 0.3) is 0 Å². The first kappa shape index (κ1) is 29.4. The zero-order chi connectivity index (χ0) is 27.8. The third kappa shape index (κ3) is 9.57. The fourth-order valence-electron chi connectivity index (χ4n) is 5.23. The van der Waals surface area contributed by atoms with Crippen molar-refractivity contribution in [2.45, 2.75) is 90.9 Å². The van der Waals surface area contributed by atoms with Crippen molar-refractivity contribution in [3.05, 3.63) is 119 Å². The summed E-state index contributed by atoms with van der Waals surface area (Å²) in [5.41, 5.74) is 9.99. The summed E-state index contributed by atoms with van der Waals surface area (Å²) in [5.74, 6) is 6.67. The van der Waals surface area contributed by atoms with Crippen molar-refractivity contribution in [1.29, 1.82) is 0 Å². The highest BCUT2D eigenvalue weighted by Gasteiger charge is 2.01. The Balaban J connectivity index is 1.27. The molecule has 0 atom stereocenters. The first-order valence-electron chi connectivity index (χ1n) is 15.7. The summed E-state index contributed by atoms with van der Waals surface area (Å²) in [6.45, 7) is 4.54. The maximum Gasteiger partial charge on any atom is 0.0249 e. The van der Waals surface area contributed by atoms with Gasteiger partial charge in [0.15, 0.2) is 0 Å². The average molecular weight is 527 g/mol. The molecule has 0 saturated heterocycles. The van der Waals surface area contributed by atoms with E-state index in [1.165, 1.54) is 110 Å². The van der Waals surface area contributed by atoms with Crippen LogP contribution >= 0.6 is 0 Å². The second-order valence-electron chi connectivity index (χ2n) is 11.1. The Morgan fingerprint density at radius 3 is 1.02 bits per heavy atom. The van der Waals surface area contributed by atoms with Crippen LogP contribution in [0.5, 0.6) is 0 Å². The van der Waals surface area contributed by atoms with Crippen LogP contribution in [-0.4, -0.2) is 0 Å². The summed E-state index contributed by atoms with van der Waals surface area (Å²) >= 11 is 0. The van der Waals surface area contributed by atoms with Gasteiger partial charge in [0.1, 0.15) is 0 Å². The number of unbranched alkanes of at least 4 members (excludes halogenated alkanes) is 8. The first-order chi connectivity index (χ1) is 19.7. The van der Waals surface area contributed by atoms with Gasteiger partial charge in [-0.1, -0.05) is 150 Å². The van der Waals surface area contributed by atoms with Crippen molar-refractivity contribution in [1.82, 2.24) is 0 Å². The molecular formula is C40H46. The molecule has 40 heavy (non-hydrogen) atoms. The maximum absolute atomic E-state index is 3.34. The molecule has 0 fully saturated rings. The highest BCUT2D eigenvalue weighted by Crippen LogP contribution is 2.23. The lowest BCUT2D eigenvalue weighted by atomic mass is 9.99. The zero-order valence-electron chi connectivity index (χ0n) is 24.7. The van der Waals surface area contributed by atoms with Gasteiger partial charge >= 0.3 is 0 Å². The molecule has 0 nitrogen and oxygen atoms in total. The Hall–Kier alpha value is -3.56. The van der Waals surface area contributed by atoms with Crippen LogP contribution < -0.4 is 0 Å². The molecule has 0 aliphatic heterocycles. The van der Waals surface area contributed by atoms with Gasteiger partial charge in [-0.2, -0.15) is 0 Å². The summed E-state index contributed by atoms with van der Waals surface area (Å²) < 4.78 is 0. The van der Waals surface area contributed by atoms with Crippen LogP contribution in [0.2, 0.25) is 0 Å². The highest BCUT2D eigenvalue weighted by atomic mass is 14.1. The molecule has 0 saturated carbocycles. The van der Waals surface area contributed by atoms with Crippen LogP contribution in [0.4, 0.5) is 0 Å². The summed E-state index contributed by atoms with van der Waals surface area (Å²) in [7, 11) is 0. The molecular weight excluding hydrogens is 480 g/mol. The smallest absolute Gasteiger partial charge is 0.0249 e. The highest BCUT2D eigenvalue weighted by molar-refractivity contribution is 5.66. The topological polar surface area (TPSA) is 0 Å². The average Bonchev–Trinajstić information content (AvgIpc) is 3.01. The Morgan fingerprint density at radius 2 is 0.650 bits per heavy atom. The molecule has 0 aliphatic carbocycles. The van der Waals surface area contributed by atoms with Crippen molar-refractivity contribution in [3.8, 4) is 34.1 Å². The quantitative estimate of drug-likeness (QED) is 0.113. The van der Waals surface area contributed by atoms with Gasteiger partial charge in [-0.15, -0.1) is 0 Å². The number of rotatable bonds is 14. The molecule has 4 aromatic carbocycles. The molecule has 0 aromatic heterocycles. The van der Waals surface area contributed by atoms with Crippen LogP contribution in [0.3, 0.4) is 0 Å². The van der Waals surface area contributed by atoms with Crippen LogP contribution in [-0.2, 0) is 12.8 Å². The summed E-state index contributed by atoms with van der Waals surface area (Å²) in [5, 5.41) is 0. The van der Waals surface area contributed by atoms with E-state index < -0.39 is 0 Å². The second-order valence-corrected chi connectivity index (χ2v) is 11.1. The van der Waals surface area contributed by atoms with E-state index >= 15 is 0 Å². The molecule has 0 N–H and O–H groups in total. The molecule has 0 unspecified atom stereocenters. The van der Waals surface area contributed by atoms with E-state index in [-0.39, 0.29) is 0 Å². The Bertz CT molecular complexity index is 1310. The minimum atomic E-state index is 1.04. The third-order valence-corrected chi connectivity index (χ3v) is 7.83. The molecule has 0 aliphatic rings. The van der Waals surface area contributed by atoms with Crippen LogP contribution in [0.1, 0.15) is 100 Å². The molecule has 0 bridgehead atoms. The monoisotopic (exact) mass is 526 g/mol. The van der Waals surface area contributed by atoms with Crippen LogP contribution in [0.25, 0.3) is 22.3 Å². The molecule has 0 heteroatoms. The van der Waals surface area contributed by atoms with E-state index in [0.29, 0.717) is 0 Å². The van der Waals surface area contributed by atoms with Crippen molar-refractivity contribution in [2.75, 3.05) is 0 Å². The zero-order valence-corrected chi connectivity index (χ0v) is 24.7. The molecule has 0 heterocycles. The standard InChI is InChI=1S/C40H46/c1-3-5-7-9-10-12-14-34-19-27-38(28-20-34)40-31-23-36(24-32-40)16-15-35-21-29-39(30-22-35)37-25-17-33(18-26-37)13-11-8-6-4-2/h17-32H,3-14H2,1-2H3. The van der Waals surface area contributed by atoms with Gasteiger partial charge in [0, 0.05) is 11.1 Å². The van der Waals surface area contributed by atoms with E-state index in [0.717, 1.165) is 11.1 Å². The molecule has 0 radical (unpaired) electrons. The third-order valence-electron chi connectivity index (χ3n) is 7.83. The first-order valence-corrected chi connectivity index (χ1v) is 15.7. The van der Waals surface area contributed by atoms with Gasteiger partial charge in [0.2, 0.25) is 0 Å². The molecule has 206 valence electrons. The fourth-order valence-corrected chi connectivity index (χ4v) is 5.23. The fraction of sp³-hybridized carbons (Fsp3) is 0.350. The van der Waals surface area contributed by atoms with Crippen molar-refractivity contribution in [3.63, 3.8) is 0 Å². The number of hydrogen-bond donors (Lipinski definition) is 0. The van der Waals surface area contributed by atoms with Crippen LogP contribution in [0, 0.1) is 11.8 Å². The lowest BCUT2D eigenvalue weighted by Crippen LogP contribution is -1.87. The Kier molecular flexibility index (Phi) is 12.2. The summed E-state index contributed by atoms with van der Waals surface area (Å²) in [6, 6.07) is 35.4. The van der Waals surface area contributed by atoms with Crippen molar-refractivity contribution >= 4 is 0 Å². The molecule has 0 amide bonds. The molecule has 0 spiro atoms. The number of hydrogen-bond acceptors (Lipinski definition) is 0. The Labute approximate surface area is 243 Å². The lowest BCUT2D eigenvalue weighted by Gasteiger charge is -2.06. The summed E-state index contributed by atoms with van der Waals surface area (Å²) in [6.07, 6.45) is 15.7. The van der Waals surface area contributed by atoms with Crippen molar-refractivity contribution in [2.24, 2.45) is 0 Å². The van der Waals surface area contributed by atoms with Gasteiger partial charge in [-0.05, 0) is 83.3 Å². The van der Waals surface area contributed by atoms with E-state index in [9.17, 15) is 0 Å². The Morgan fingerprint density at radius 1 is 0.350 bits per heavy atom. The van der Waals surface area contributed by atoms with Crippen LogP contribution in [0.15, 0.2) is 97.1 Å². The van der Waals surface area contributed by atoms with E-state index in [2.05, 4.69) is 123 Å². The minimum absolute atomic E-state index is 1.04. The van der Waals surface area contributed by atoms with Gasteiger partial charge in [-0.25, -0.2) is 0 Å². The number of benzene rings is 4.